The van der Waals surface area contributed by atoms with Gasteiger partial charge in [-0.25, -0.2) is 13.4 Å². The monoisotopic (exact) mass is 485 g/mol. The smallest absolute Gasteiger partial charge is 0.229 e. The molecule has 6 nitrogen and oxygen atoms in total. The zero-order valence-electron chi connectivity index (χ0n) is 17.0. The van der Waals surface area contributed by atoms with E-state index < -0.39 is 9.84 Å². The topological polar surface area (TPSA) is 80.2 Å². The molecule has 0 aliphatic heterocycles. The molecule has 0 fully saturated rings. The van der Waals surface area contributed by atoms with Gasteiger partial charge in [-0.1, -0.05) is 41.1 Å². The second kappa shape index (κ2) is 9.77. The number of hydrogen-bond acceptors (Lipinski definition) is 6. The Balaban J connectivity index is 1.50. The lowest BCUT2D eigenvalue weighted by Gasteiger charge is -2.20. The molecule has 0 bridgehead atoms. The Bertz CT molecular complexity index is 1290. The van der Waals surface area contributed by atoms with Gasteiger partial charge in [-0.2, -0.15) is 0 Å². The minimum absolute atomic E-state index is 0.0863. The average molecular weight is 486 g/mol. The summed E-state index contributed by atoms with van der Waals surface area (Å²) >= 11 is 7.28. The van der Waals surface area contributed by atoms with E-state index in [0.717, 1.165) is 15.8 Å². The van der Waals surface area contributed by atoms with Gasteiger partial charge in [-0.3, -0.25) is 14.7 Å². The predicted molar refractivity (Wildman–Crippen MR) is 128 cm³/mol. The fraction of sp³-hybridized carbons (Fsp3) is 0.174. The molecule has 32 heavy (non-hydrogen) atoms. The van der Waals surface area contributed by atoms with Crippen molar-refractivity contribution in [2.24, 2.45) is 0 Å². The number of sulfone groups is 1. The highest BCUT2D eigenvalue weighted by atomic mass is 35.5. The largest absolute Gasteiger partial charge is 0.284 e. The Morgan fingerprint density at radius 2 is 1.81 bits per heavy atom. The van der Waals surface area contributed by atoms with Crippen LogP contribution in [-0.4, -0.2) is 30.0 Å². The van der Waals surface area contributed by atoms with E-state index in [9.17, 15) is 13.2 Å². The molecule has 9 heteroatoms. The number of anilines is 1. The number of fused-ring (bicyclic) bond motifs is 1. The van der Waals surface area contributed by atoms with Crippen LogP contribution in [0.4, 0.5) is 5.13 Å². The molecule has 0 spiro atoms. The van der Waals surface area contributed by atoms with Gasteiger partial charge < -0.3 is 0 Å². The fourth-order valence-electron chi connectivity index (χ4n) is 3.22. The summed E-state index contributed by atoms with van der Waals surface area (Å²) in [5, 5.41) is 1.06. The van der Waals surface area contributed by atoms with Gasteiger partial charge in [0, 0.05) is 23.8 Å². The van der Waals surface area contributed by atoms with Crippen LogP contribution in [0.3, 0.4) is 0 Å². The minimum atomic E-state index is -3.49. The first-order valence-corrected chi connectivity index (χ1v) is 12.8. The van der Waals surface area contributed by atoms with Crippen molar-refractivity contribution in [2.75, 3.05) is 10.7 Å². The standard InChI is InChI=1S/C23H20ClN3O3S2/c24-18-9-11-19(12-10-18)32(29,30)14-4-8-22(28)27(16-17-5-3-13-25-15-17)23-26-20-6-1-2-7-21(20)31-23/h1-3,5-7,9-13,15H,4,8,14,16H2. The minimum Gasteiger partial charge on any atom is -0.284 e. The highest BCUT2D eigenvalue weighted by molar-refractivity contribution is 7.91. The molecule has 4 rings (SSSR count). The second-order valence-corrected chi connectivity index (χ2v) is 10.7. The van der Waals surface area contributed by atoms with Gasteiger partial charge in [0.05, 0.1) is 27.4 Å². The van der Waals surface area contributed by atoms with Crippen LogP contribution in [0, 0.1) is 0 Å². The molecule has 0 radical (unpaired) electrons. The van der Waals surface area contributed by atoms with Crippen LogP contribution in [0.5, 0.6) is 0 Å². The maximum Gasteiger partial charge on any atom is 0.229 e. The van der Waals surface area contributed by atoms with Crippen LogP contribution in [0.15, 0.2) is 78.0 Å². The van der Waals surface area contributed by atoms with Gasteiger partial charge in [-0.05, 0) is 54.4 Å². The van der Waals surface area contributed by atoms with Gasteiger partial charge in [0.25, 0.3) is 0 Å². The number of hydrogen-bond donors (Lipinski definition) is 0. The van der Waals surface area contributed by atoms with Crippen LogP contribution in [0.25, 0.3) is 10.2 Å². The van der Waals surface area contributed by atoms with Gasteiger partial charge in [0.1, 0.15) is 0 Å². The number of para-hydroxylation sites is 1. The van der Waals surface area contributed by atoms with Crippen molar-refractivity contribution in [3.8, 4) is 0 Å². The molecule has 0 atom stereocenters. The number of amides is 1. The molecule has 2 aromatic heterocycles. The van der Waals surface area contributed by atoms with Crippen molar-refractivity contribution in [3.63, 3.8) is 0 Å². The maximum absolute atomic E-state index is 13.2. The van der Waals surface area contributed by atoms with E-state index in [1.165, 1.54) is 23.5 Å². The van der Waals surface area contributed by atoms with Gasteiger partial charge in [0.15, 0.2) is 15.0 Å². The van der Waals surface area contributed by atoms with E-state index in [-0.39, 0.29) is 29.4 Å². The number of carbonyl (C=O) groups is 1. The van der Waals surface area contributed by atoms with E-state index in [1.807, 2.05) is 36.4 Å². The third kappa shape index (κ3) is 5.32. The molecule has 2 aromatic carbocycles. The first kappa shape index (κ1) is 22.4. The SMILES string of the molecule is O=C(CCCS(=O)(=O)c1ccc(Cl)cc1)N(Cc1cccnc1)c1nc2ccccc2s1. The second-order valence-electron chi connectivity index (χ2n) is 7.18. The van der Waals surface area contributed by atoms with E-state index in [1.54, 1.807) is 29.4 Å². The van der Waals surface area contributed by atoms with E-state index in [0.29, 0.717) is 16.7 Å². The summed E-state index contributed by atoms with van der Waals surface area (Å²) in [7, 11) is -3.49. The summed E-state index contributed by atoms with van der Waals surface area (Å²) in [6, 6.07) is 17.5. The lowest BCUT2D eigenvalue weighted by atomic mass is 10.2. The third-order valence-electron chi connectivity index (χ3n) is 4.85. The van der Waals surface area contributed by atoms with Crippen molar-refractivity contribution in [1.82, 2.24) is 9.97 Å². The van der Waals surface area contributed by atoms with Crippen molar-refractivity contribution < 1.29 is 13.2 Å². The highest BCUT2D eigenvalue weighted by Gasteiger charge is 2.22. The maximum atomic E-state index is 13.2. The Morgan fingerprint density at radius 3 is 2.53 bits per heavy atom. The first-order chi connectivity index (χ1) is 15.4. The molecule has 0 saturated carbocycles. The van der Waals surface area contributed by atoms with Crippen LogP contribution < -0.4 is 4.90 Å². The summed E-state index contributed by atoms with van der Waals surface area (Å²) in [5.74, 6) is -0.305. The van der Waals surface area contributed by atoms with E-state index in [2.05, 4.69) is 9.97 Å². The van der Waals surface area contributed by atoms with Gasteiger partial charge >= 0.3 is 0 Å². The first-order valence-electron chi connectivity index (χ1n) is 9.95. The molecule has 4 aromatic rings. The predicted octanol–water partition coefficient (Wildman–Crippen LogP) is 5.13. The summed E-state index contributed by atoms with van der Waals surface area (Å²) in [6.45, 7) is 0.316. The Hall–Kier alpha value is -2.81. The van der Waals surface area contributed by atoms with Crippen LogP contribution in [0.2, 0.25) is 5.02 Å². The number of benzene rings is 2. The number of nitrogens with zero attached hydrogens (tertiary/aromatic N) is 3. The Kier molecular flexibility index (Phi) is 6.83. The van der Waals surface area contributed by atoms with Gasteiger partial charge in [0.2, 0.25) is 5.91 Å². The van der Waals surface area contributed by atoms with Crippen molar-refractivity contribution in [3.05, 3.63) is 83.6 Å². The molecule has 0 aliphatic carbocycles. The van der Waals surface area contributed by atoms with E-state index in [4.69, 9.17) is 11.6 Å². The molecule has 164 valence electrons. The lowest BCUT2D eigenvalue weighted by Crippen LogP contribution is -2.30. The number of rotatable bonds is 8. The van der Waals surface area contributed by atoms with Crippen molar-refractivity contribution in [1.29, 1.82) is 0 Å². The Morgan fingerprint density at radius 1 is 1.03 bits per heavy atom. The zero-order valence-corrected chi connectivity index (χ0v) is 19.4. The number of halogens is 1. The molecular formula is C23H20ClN3O3S2. The van der Waals surface area contributed by atoms with Crippen LogP contribution in [0.1, 0.15) is 18.4 Å². The van der Waals surface area contributed by atoms with E-state index >= 15 is 0 Å². The molecule has 0 saturated heterocycles. The quantitative estimate of drug-likeness (QED) is 0.345. The van der Waals surface area contributed by atoms with Crippen LogP contribution >= 0.6 is 22.9 Å². The van der Waals surface area contributed by atoms with Crippen LogP contribution in [-0.2, 0) is 21.2 Å². The molecule has 0 N–H and O–H groups in total. The fourth-order valence-corrected chi connectivity index (χ4v) is 5.64. The molecule has 0 aliphatic rings. The third-order valence-corrected chi connectivity index (χ3v) is 7.98. The number of pyridine rings is 1. The van der Waals surface area contributed by atoms with Crippen molar-refractivity contribution >= 4 is 54.0 Å². The Labute approximate surface area is 195 Å². The lowest BCUT2D eigenvalue weighted by molar-refractivity contribution is -0.118. The molecule has 0 unspecified atom stereocenters. The summed E-state index contributed by atoms with van der Waals surface area (Å²) in [5.41, 5.74) is 1.69. The highest BCUT2D eigenvalue weighted by Crippen LogP contribution is 2.30. The van der Waals surface area contributed by atoms with Crippen molar-refractivity contribution in [2.45, 2.75) is 24.3 Å². The summed E-state index contributed by atoms with van der Waals surface area (Å²) < 4.78 is 26.2. The summed E-state index contributed by atoms with van der Waals surface area (Å²) in [6.07, 6.45) is 3.68. The normalized spacial score (nSPS) is 11.5. The zero-order chi connectivity index (χ0) is 22.6. The number of carbonyl (C=O) groups excluding carboxylic acids is 1. The number of aromatic nitrogens is 2. The molecule has 2 heterocycles. The average Bonchev–Trinajstić information content (AvgIpc) is 3.22. The summed E-state index contributed by atoms with van der Waals surface area (Å²) in [4.78, 5) is 23.7. The molecule has 1 amide bonds. The van der Waals surface area contributed by atoms with Gasteiger partial charge in [-0.15, -0.1) is 0 Å². The number of thiazole rings is 1. The molecular weight excluding hydrogens is 466 g/mol.